The fourth-order valence-corrected chi connectivity index (χ4v) is 5.14. The summed E-state index contributed by atoms with van der Waals surface area (Å²) in [6, 6.07) is 3.93. The van der Waals surface area contributed by atoms with Gasteiger partial charge in [0.05, 0.1) is 11.1 Å². The number of fused-ring (bicyclic) bond motifs is 1. The average Bonchev–Trinajstić information content (AvgIpc) is 3.00. The summed E-state index contributed by atoms with van der Waals surface area (Å²) >= 11 is 0. The van der Waals surface area contributed by atoms with Crippen LogP contribution >= 0.6 is 0 Å². The Balaban J connectivity index is 1.73. The Morgan fingerprint density at radius 2 is 1.94 bits per heavy atom. The molecule has 0 aliphatic carbocycles. The molecule has 2 aliphatic heterocycles. The topological polar surface area (TPSA) is 101 Å². The summed E-state index contributed by atoms with van der Waals surface area (Å²) in [6.07, 6.45) is -1.10. The van der Waals surface area contributed by atoms with Crippen LogP contribution in [0, 0.1) is 0 Å². The maximum atomic E-state index is 12.9. The SMILES string of the molecule is CC1N=Cc2c(-c3ccc(C(F)(F)F)cc3)cnc(NCC3(C)CCNS3(=O)=O)c2C1=O. The first-order valence-electron chi connectivity index (χ1n) is 9.94. The highest BCUT2D eigenvalue weighted by Gasteiger charge is 2.44. The van der Waals surface area contributed by atoms with Gasteiger partial charge in [-0.25, -0.2) is 18.1 Å². The fraction of sp³-hybridized carbons (Fsp3) is 0.381. The number of aromatic nitrogens is 1. The number of nitrogens with zero attached hydrogens (tertiary/aromatic N) is 2. The molecule has 2 aliphatic rings. The summed E-state index contributed by atoms with van der Waals surface area (Å²) in [6.45, 7) is 3.62. The Labute approximate surface area is 183 Å². The number of alkyl halides is 3. The van der Waals surface area contributed by atoms with Crippen molar-refractivity contribution in [2.45, 2.75) is 37.2 Å². The highest BCUT2D eigenvalue weighted by atomic mass is 32.2. The Hall–Kier alpha value is -2.79. The zero-order valence-electron chi connectivity index (χ0n) is 17.3. The second-order valence-corrected chi connectivity index (χ2v) is 10.4. The van der Waals surface area contributed by atoms with E-state index < -0.39 is 32.6 Å². The molecule has 32 heavy (non-hydrogen) atoms. The molecule has 11 heteroatoms. The number of pyridine rings is 1. The molecule has 0 radical (unpaired) electrons. The van der Waals surface area contributed by atoms with Crippen LogP contribution in [-0.2, 0) is 16.2 Å². The number of sulfonamides is 1. The first-order chi connectivity index (χ1) is 14.9. The number of ketones is 1. The van der Waals surface area contributed by atoms with E-state index in [1.165, 1.54) is 24.5 Å². The van der Waals surface area contributed by atoms with Crippen molar-refractivity contribution in [1.29, 1.82) is 0 Å². The van der Waals surface area contributed by atoms with E-state index >= 15 is 0 Å². The van der Waals surface area contributed by atoms with E-state index in [1.54, 1.807) is 13.8 Å². The lowest BCUT2D eigenvalue weighted by atomic mass is 9.91. The molecule has 0 spiro atoms. The van der Waals surface area contributed by atoms with Crippen LogP contribution < -0.4 is 10.0 Å². The van der Waals surface area contributed by atoms with Gasteiger partial charge >= 0.3 is 6.18 Å². The highest BCUT2D eigenvalue weighted by Crippen LogP contribution is 2.35. The fourth-order valence-electron chi connectivity index (χ4n) is 3.79. The predicted molar refractivity (Wildman–Crippen MR) is 114 cm³/mol. The van der Waals surface area contributed by atoms with Crippen LogP contribution in [0.25, 0.3) is 11.1 Å². The van der Waals surface area contributed by atoms with Gasteiger partial charge in [-0.15, -0.1) is 0 Å². The number of hydrogen-bond donors (Lipinski definition) is 2. The normalized spacial score (nSPS) is 24.4. The maximum Gasteiger partial charge on any atom is 0.416 e. The Morgan fingerprint density at radius 1 is 1.25 bits per heavy atom. The third-order valence-corrected chi connectivity index (χ3v) is 8.15. The van der Waals surface area contributed by atoms with Crippen molar-refractivity contribution in [3.8, 4) is 11.1 Å². The zero-order valence-corrected chi connectivity index (χ0v) is 18.1. The number of nitrogens with one attached hydrogen (secondary N) is 2. The van der Waals surface area contributed by atoms with E-state index in [4.69, 9.17) is 0 Å². The van der Waals surface area contributed by atoms with E-state index in [2.05, 4.69) is 20.0 Å². The van der Waals surface area contributed by atoms with E-state index in [0.29, 0.717) is 29.7 Å². The van der Waals surface area contributed by atoms with Gasteiger partial charge in [0, 0.05) is 36.6 Å². The number of carbonyl (C=O) groups excluding carboxylic acids is 1. The van der Waals surface area contributed by atoms with Crippen molar-refractivity contribution < 1.29 is 26.4 Å². The summed E-state index contributed by atoms with van der Waals surface area (Å²) in [5.41, 5.74) is 0.820. The largest absolute Gasteiger partial charge is 0.416 e. The molecule has 4 rings (SSSR count). The van der Waals surface area contributed by atoms with Crippen LogP contribution in [0.2, 0.25) is 0 Å². The molecule has 1 fully saturated rings. The minimum atomic E-state index is -4.46. The molecule has 7 nitrogen and oxygen atoms in total. The second-order valence-electron chi connectivity index (χ2n) is 8.15. The number of aliphatic imine (C=N–C) groups is 1. The van der Waals surface area contributed by atoms with Crippen molar-refractivity contribution in [3.63, 3.8) is 0 Å². The van der Waals surface area contributed by atoms with Crippen LogP contribution in [0.4, 0.5) is 19.0 Å². The van der Waals surface area contributed by atoms with E-state index in [-0.39, 0.29) is 23.7 Å². The monoisotopic (exact) mass is 466 g/mol. The number of hydrogen-bond acceptors (Lipinski definition) is 6. The highest BCUT2D eigenvalue weighted by molar-refractivity contribution is 7.91. The minimum Gasteiger partial charge on any atom is -0.368 e. The van der Waals surface area contributed by atoms with Crippen molar-refractivity contribution in [3.05, 3.63) is 47.2 Å². The standard InChI is InChI=1S/C21H21F3N4O3S/c1-12-18(29)17-16(10-25-12)15(13-3-5-14(6-4-13)21(22,23)24)9-26-19(17)27-11-20(2)7-8-28-32(20,30)31/h3-6,9-10,12,28H,7-8,11H2,1-2H3,(H,26,27). The third-order valence-electron chi connectivity index (χ3n) is 5.92. The van der Waals surface area contributed by atoms with Gasteiger partial charge in [0.15, 0.2) is 5.78 Å². The molecule has 2 atom stereocenters. The van der Waals surface area contributed by atoms with Gasteiger partial charge in [-0.1, -0.05) is 12.1 Å². The Bertz CT molecular complexity index is 1210. The molecular weight excluding hydrogens is 445 g/mol. The van der Waals surface area contributed by atoms with Crippen molar-refractivity contribution in [2.75, 3.05) is 18.4 Å². The zero-order chi connectivity index (χ0) is 23.3. The molecule has 1 saturated heterocycles. The molecular formula is C21H21F3N4O3S. The molecule has 1 aromatic heterocycles. The quantitative estimate of drug-likeness (QED) is 0.721. The Kier molecular flexibility index (Phi) is 5.36. The van der Waals surface area contributed by atoms with E-state index in [0.717, 1.165) is 12.1 Å². The van der Waals surface area contributed by atoms with Gasteiger partial charge in [0.2, 0.25) is 10.0 Å². The van der Waals surface area contributed by atoms with Crippen LogP contribution in [0.3, 0.4) is 0 Å². The Morgan fingerprint density at radius 3 is 2.53 bits per heavy atom. The third kappa shape index (κ3) is 3.79. The summed E-state index contributed by atoms with van der Waals surface area (Å²) < 4.78 is 64.8. The number of Topliss-reactive ketones (excluding diaryl/α,β-unsaturated/α-hetero) is 1. The summed E-state index contributed by atoms with van der Waals surface area (Å²) in [5.74, 6) is -0.0780. The van der Waals surface area contributed by atoms with Crippen molar-refractivity contribution >= 4 is 27.8 Å². The number of carbonyl (C=O) groups is 1. The molecule has 2 N–H and O–H groups in total. The van der Waals surface area contributed by atoms with Crippen LogP contribution in [0.1, 0.15) is 41.8 Å². The number of rotatable bonds is 4. The number of anilines is 1. The van der Waals surface area contributed by atoms with Gasteiger partial charge in [-0.05, 0) is 38.0 Å². The van der Waals surface area contributed by atoms with Crippen LogP contribution in [0.5, 0.6) is 0 Å². The molecule has 3 heterocycles. The average molecular weight is 466 g/mol. The smallest absolute Gasteiger partial charge is 0.368 e. The van der Waals surface area contributed by atoms with Gasteiger partial charge in [0.1, 0.15) is 16.6 Å². The molecule has 170 valence electrons. The van der Waals surface area contributed by atoms with Crippen molar-refractivity contribution in [1.82, 2.24) is 9.71 Å². The number of benzene rings is 1. The second kappa shape index (κ2) is 7.66. The lowest BCUT2D eigenvalue weighted by molar-refractivity contribution is -0.137. The molecule has 1 aromatic carbocycles. The van der Waals surface area contributed by atoms with Crippen molar-refractivity contribution in [2.24, 2.45) is 4.99 Å². The van der Waals surface area contributed by atoms with Crippen LogP contribution in [-0.4, -0.2) is 49.3 Å². The van der Waals surface area contributed by atoms with E-state index in [1.807, 2.05) is 0 Å². The molecule has 2 aromatic rings. The van der Waals surface area contributed by atoms with Gasteiger partial charge < -0.3 is 5.32 Å². The summed E-state index contributed by atoms with van der Waals surface area (Å²) in [7, 11) is -3.51. The van der Waals surface area contributed by atoms with Crippen LogP contribution in [0.15, 0.2) is 35.5 Å². The molecule has 0 bridgehead atoms. The minimum absolute atomic E-state index is 0.0419. The summed E-state index contributed by atoms with van der Waals surface area (Å²) in [4.78, 5) is 21.5. The number of halogens is 3. The molecule has 2 unspecified atom stereocenters. The van der Waals surface area contributed by atoms with Gasteiger partial charge in [-0.2, -0.15) is 13.2 Å². The van der Waals surface area contributed by atoms with E-state index in [9.17, 15) is 26.4 Å². The van der Waals surface area contributed by atoms with Gasteiger partial charge in [0.25, 0.3) is 0 Å². The first-order valence-corrected chi connectivity index (χ1v) is 11.4. The van der Waals surface area contributed by atoms with Gasteiger partial charge in [-0.3, -0.25) is 9.79 Å². The maximum absolute atomic E-state index is 12.9. The predicted octanol–water partition coefficient (Wildman–Crippen LogP) is 3.26. The summed E-state index contributed by atoms with van der Waals surface area (Å²) in [5, 5.41) is 3.01. The molecule has 0 amide bonds. The molecule has 0 saturated carbocycles. The lowest BCUT2D eigenvalue weighted by Crippen LogP contribution is -2.41. The lowest BCUT2D eigenvalue weighted by Gasteiger charge is -2.25. The first kappa shape index (κ1) is 22.4.